The molecule has 8 heteroatoms. The van der Waals surface area contributed by atoms with E-state index in [1.165, 1.54) is 18.1 Å². The van der Waals surface area contributed by atoms with Gasteiger partial charge in [0.05, 0.1) is 13.2 Å². The van der Waals surface area contributed by atoms with Gasteiger partial charge in [-0.1, -0.05) is 24.3 Å². The molecule has 2 heterocycles. The van der Waals surface area contributed by atoms with Crippen LogP contribution in [-0.4, -0.2) is 37.5 Å². The molecule has 1 unspecified atom stereocenters. The molecule has 0 saturated carbocycles. The standard InChI is InChI=1S/C20H23N3O5/c1-3-27-20(26)16-12(2)28-19(17(16)18(21)25)22-15(24)11-23-9-8-13-6-4-5-7-14(13)10-23/h4-7H,3,8-11H2,1-2H3,(H2,21,25)(H,22,24)/p+1. The van der Waals surface area contributed by atoms with Crippen LogP contribution in [0.3, 0.4) is 0 Å². The summed E-state index contributed by atoms with van der Waals surface area (Å²) in [5, 5.41) is 2.59. The maximum atomic E-state index is 12.5. The fourth-order valence-corrected chi connectivity index (χ4v) is 3.51. The van der Waals surface area contributed by atoms with E-state index in [-0.39, 0.29) is 41.8 Å². The van der Waals surface area contributed by atoms with E-state index in [9.17, 15) is 14.4 Å². The molecule has 1 aliphatic heterocycles. The van der Waals surface area contributed by atoms with Crippen molar-refractivity contribution in [1.29, 1.82) is 0 Å². The van der Waals surface area contributed by atoms with Gasteiger partial charge in [0.15, 0.2) is 6.54 Å². The number of benzene rings is 1. The number of hydrogen-bond donors (Lipinski definition) is 3. The first kappa shape index (κ1) is 19.6. The maximum Gasteiger partial charge on any atom is 0.342 e. The van der Waals surface area contributed by atoms with Crippen LogP contribution in [0.25, 0.3) is 0 Å². The van der Waals surface area contributed by atoms with E-state index < -0.39 is 11.9 Å². The molecule has 0 saturated heterocycles. The number of furan rings is 1. The number of aryl methyl sites for hydroxylation is 1. The third-order valence-corrected chi connectivity index (χ3v) is 4.78. The van der Waals surface area contributed by atoms with Gasteiger partial charge in [0.2, 0.25) is 5.88 Å². The summed E-state index contributed by atoms with van der Waals surface area (Å²) in [6.07, 6.45) is 0.901. The van der Waals surface area contributed by atoms with Crippen molar-refractivity contribution in [2.75, 3.05) is 25.0 Å². The number of carbonyl (C=O) groups excluding carboxylic acids is 3. The number of nitrogens with two attached hydrogens (primary N) is 1. The molecular weight excluding hydrogens is 362 g/mol. The summed E-state index contributed by atoms with van der Waals surface area (Å²) < 4.78 is 10.4. The Morgan fingerprint density at radius 3 is 2.61 bits per heavy atom. The third-order valence-electron chi connectivity index (χ3n) is 4.78. The molecule has 2 amide bonds. The van der Waals surface area contributed by atoms with Crippen LogP contribution in [0, 0.1) is 6.92 Å². The van der Waals surface area contributed by atoms with Crippen molar-refractivity contribution in [3.8, 4) is 0 Å². The Balaban J connectivity index is 1.73. The number of rotatable bonds is 6. The first-order valence-electron chi connectivity index (χ1n) is 9.21. The number of carbonyl (C=O) groups is 3. The minimum Gasteiger partial charge on any atom is -0.462 e. The number of fused-ring (bicyclic) bond motifs is 1. The zero-order valence-electron chi connectivity index (χ0n) is 16.0. The van der Waals surface area contributed by atoms with E-state index in [0.717, 1.165) is 24.4 Å². The average molecular weight is 386 g/mol. The molecule has 1 atom stereocenters. The number of ether oxygens (including phenoxy) is 1. The summed E-state index contributed by atoms with van der Waals surface area (Å²) in [4.78, 5) is 37.6. The lowest BCUT2D eigenvalue weighted by Crippen LogP contribution is -3.12. The molecule has 1 aliphatic rings. The second-order valence-corrected chi connectivity index (χ2v) is 6.74. The molecule has 2 aromatic rings. The van der Waals surface area contributed by atoms with Crippen LogP contribution in [0.5, 0.6) is 0 Å². The highest BCUT2D eigenvalue weighted by atomic mass is 16.5. The van der Waals surface area contributed by atoms with E-state index in [2.05, 4.69) is 17.4 Å². The van der Waals surface area contributed by atoms with Crippen molar-refractivity contribution in [3.05, 3.63) is 52.3 Å². The highest BCUT2D eigenvalue weighted by molar-refractivity contribution is 6.10. The summed E-state index contributed by atoms with van der Waals surface area (Å²) in [6.45, 7) is 5.10. The molecule has 8 nitrogen and oxygen atoms in total. The maximum absolute atomic E-state index is 12.5. The van der Waals surface area contributed by atoms with Crippen LogP contribution in [0.2, 0.25) is 0 Å². The number of primary amides is 1. The molecule has 3 rings (SSSR count). The normalized spacial score (nSPS) is 15.6. The Morgan fingerprint density at radius 1 is 1.21 bits per heavy atom. The van der Waals surface area contributed by atoms with E-state index in [1.54, 1.807) is 6.92 Å². The van der Waals surface area contributed by atoms with Gasteiger partial charge in [-0.25, -0.2) is 4.79 Å². The van der Waals surface area contributed by atoms with Crippen LogP contribution in [0.1, 0.15) is 44.5 Å². The Kier molecular flexibility index (Phi) is 5.79. The highest BCUT2D eigenvalue weighted by Crippen LogP contribution is 2.27. The number of nitrogens with one attached hydrogen (secondary N) is 2. The number of quaternary nitrogens is 1. The van der Waals surface area contributed by atoms with Crippen LogP contribution >= 0.6 is 0 Å². The first-order chi connectivity index (χ1) is 13.4. The summed E-state index contributed by atoms with van der Waals surface area (Å²) in [7, 11) is 0. The SMILES string of the molecule is CCOC(=O)c1c(C)oc(NC(=O)C[NH+]2CCc3ccccc3C2)c1C(N)=O. The molecule has 28 heavy (non-hydrogen) atoms. The smallest absolute Gasteiger partial charge is 0.342 e. The Hall–Kier alpha value is -3.13. The number of hydrogen-bond acceptors (Lipinski definition) is 5. The molecule has 1 aromatic heterocycles. The van der Waals surface area contributed by atoms with E-state index in [1.807, 2.05) is 12.1 Å². The third kappa shape index (κ3) is 4.07. The second-order valence-electron chi connectivity index (χ2n) is 6.74. The number of amides is 2. The largest absolute Gasteiger partial charge is 0.462 e. The number of anilines is 1. The minimum atomic E-state index is -0.866. The lowest BCUT2D eigenvalue weighted by Gasteiger charge is -2.25. The Labute approximate surface area is 162 Å². The lowest BCUT2D eigenvalue weighted by atomic mass is 10.00. The van der Waals surface area contributed by atoms with Gasteiger partial charge in [0, 0.05) is 12.0 Å². The van der Waals surface area contributed by atoms with Gasteiger partial charge >= 0.3 is 5.97 Å². The first-order valence-corrected chi connectivity index (χ1v) is 9.21. The van der Waals surface area contributed by atoms with Crippen LogP contribution < -0.4 is 16.0 Å². The van der Waals surface area contributed by atoms with Gasteiger partial charge < -0.3 is 19.8 Å². The van der Waals surface area contributed by atoms with Crippen LogP contribution in [0.4, 0.5) is 5.88 Å². The fraction of sp³-hybridized carbons (Fsp3) is 0.350. The Morgan fingerprint density at radius 2 is 1.93 bits per heavy atom. The number of esters is 1. The average Bonchev–Trinajstić information content (AvgIpc) is 2.97. The summed E-state index contributed by atoms with van der Waals surface area (Å²) in [6, 6.07) is 8.18. The van der Waals surface area contributed by atoms with Gasteiger partial charge in [-0.05, 0) is 19.4 Å². The topological polar surface area (TPSA) is 116 Å². The second kappa shape index (κ2) is 8.26. The van der Waals surface area contributed by atoms with Crippen molar-refractivity contribution >= 4 is 23.7 Å². The summed E-state index contributed by atoms with van der Waals surface area (Å²) in [5.74, 6) is -1.84. The highest BCUT2D eigenvalue weighted by Gasteiger charge is 2.30. The predicted octanol–water partition coefficient (Wildman–Crippen LogP) is 0.443. The summed E-state index contributed by atoms with van der Waals surface area (Å²) in [5.41, 5.74) is 7.74. The molecule has 0 bridgehead atoms. The summed E-state index contributed by atoms with van der Waals surface area (Å²) >= 11 is 0. The Bertz CT molecular complexity index is 919. The van der Waals surface area contributed by atoms with Gasteiger partial charge in [-0.15, -0.1) is 0 Å². The van der Waals surface area contributed by atoms with Crippen molar-refractivity contribution in [2.45, 2.75) is 26.8 Å². The quantitative estimate of drug-likeness (QED) is 0.623. The molecular formula is C20H24N3O5+. The minimum absolute atomic E-state index is 0.0519. The molecule has 0 spiro atoms. The van der Waals surface area contributed by atoms with E-state index >= 15 is 0 Å². The van der Waals surface area contributed by atoms with Gasteiger partial charge in [0.1, 0.15) is 23.4 Å². The predicted molar refractivity (Wildman–Crippen MR) is 101 cm³/mol. The molecule has 0 aliphatic carbocycles. The lowest BCUT2D eigenvalue weighted by molar-refractivity contribution is -0.907. The molecule has 0 fully saturated rings. The van der Waals surface area contributed by atoms with Gasteiger partial charge in [0.25, 0.3) is 11.8 Å². The van der Waals surface area contributed by atoms with Crippen molar-refractivity contribution in [1.82, 2.24) is 0 Å². The zero-order chi connectivity index (χ0) is 20.3. The van der Waals surface area contributed by atoms with E-state index in [4.69, 9.17) is 14.9 Å². The zero-order valence-corrected chi connectivity index (χ0v) is 16.0. The van der Waals surface area contributed by atoms with Crippen molar-refractivity contribution in [2.24, 2.45) is 5.73 Å². The van der Waals surface area contributed by atoms with Crippen molar-refractivity contribution in [3.63, 3.8) is 0 Å². The monoisotopic (exact) mass is 386 g/mol. The van der Waals surface area contributed by atoms with Gasteiger partial charge in [-0.2, -0.15) is 0 Å². The van der Waals surface area contributed by atoms with E-state index in [0.29, 0.717) is 0 Å². The molecule has 1 aromatic carbocycles. The molecule has 148 valence electrons. The van der Waals surface area contributed by atoms with Crippen LogP contribution in [0.15, 0.2) is 28.7 Å². The van der Waals surface area contributed by atoms with Crippen molar-refractivity contribution < 1.29 is 28.4 Å². The molecule has 4 N–H and O–H groups in total. The van der Waals surface area contributed by atoms with Crippen LogP contribution in [-0.2, 0) is 22.5 Å². The molecule has 0 radical (unpaired) electrons. The van der Waals surface area contributed by atoms with Gasteiger partial charge in [-0.3, -0.25) is 14.9 Å². The fourth-order valence-electron chi connectivity index (χ4n) is 3.51.